The van der Waals surface area contributed by atoms with Gasteiger partial charge in [-0.3, -0.25) is 0 Å². The Balaban J connectivity index is 0. The van der Waals surface area contributed by atoms with E-state index in [9.17, 15) is 0 Å². The van der Waals surface area contributed by atoms with Crippen LogP contribution in [0.4, 0.5) is 0 Å². The first kappa shape index (κ1) is 14.3. The molecule has 0 spiro atoms. The van der Waals surface area contributed by atoms with Crippen molar-refractivity contribution >= 4 is 11.8 Å². The lowest BCUT2D eigenvalue weighted by molar-refractivity contribution is 0.910. The Morgan fingerprint density at radius 1 is 1.50 bits per heavy atom. The molecule has 0 heterocycles. The van der Waals surface area contributed by atoms with E-state index in [4.69, 9.17) is 5.73 Å². The van der Waals surface area contributed by atoms with Gasteiger partial charge in [-0.15, -0.1) is 11.8 Å². The lowest BCUT2D eigenvalue weighted by atomic mass is 10.2. The second kappa shape index (κ2) is 8.88. The molecule has 2 heteroatoms. The number of allylic oxidation sites excluding steroid dienone is 2. The van der Waals surface area contributed by atoms with Gasteiger partial charge in [0.2, 0.25) is 0 Å². The molecule has 0 aliphatic rings. The highest BCUT2D eigenvalue weighted by Crippen LogP contribution is 2.16. The maximum absolute atomic E-state index is 5.67. The first-order valence-electron chi connectivity index (χ1n) is 4.24. The first-order valence-corrected chi connectivity index (χ1v) is 5.47. The molecule has 0 aromatic rings. The van der Waals surface area contributed by atoms with Crippen LogP contribution in [-0.4, -0.2) is 12.3 Å². The third kappa shape index (κ3) is 7.89. The fraction of sp³-hybridized carbons (Fsp3) is 0.600. The van der Waals surface area contributed by atoms with Crippen LogP contribution in [0, 0.1) is 0 Å². The van der Waals surface area contributed by atoms with Gasteiger partial charge in [0.1, 0.15) is 0 Å². The van der Waals surface area contributed by atoms with E-state index < -0.39 is 0 Å². The smallest absolute Gasteiger partial charge is 0.0326 e. The predicted molar refractivity (Wildman–Crippen MR) is 61.4 cm³/mol. The number of nitrogens with two attached hydrogens (primary N) is 1. The Morgan fingerprint density at radius 3 is 2.00 bits per heavy atom. The molecule has 1 atom stereocenters. The van der Waals surface area contributed by atoms with Crippen molar-refractivity contribution in [2.45, 2.75) is 33.7 Å². The Labute approximate surface area is 81.1 Å². The Hall–Kier alpha value is -0.210. The van der Waals surface area contributed by atoms with Crippen molar-refractivity contribution in [1.82, 2.24) is 0 Å². The van der Waals surface area contributed by atoms with Crippen molar-refractivity contribution in [3.05, 3.63) is 23.1 Å². The average molecular weight is 187 g/mol. The van der Waals surface area contributed by atoms with Crippen LogP contribution in [0.3, 0.4) is 0 Å². The fourth-order valence-electron chi connectivity index (χ4n) is 0.619. The van der Waals surface area contributed by atoms with E-state index in [0.29, 0.717) is 0 Å². The maximum Gasteiger partial charge on any atom is 0.0326 e. The van der Waals surface area contributed by atoms with Gasteiger partial charge in [0.15, 0.2) is 0 Å². The summed E-state index contributed by atoms with van der Waals surface area (Å²) in [5.74, 6) is 0. The van der Waals surface area contributed by atoms with Crippen molar-refractivity contribution in [2.24, 2.45) is 5.73 Å². The number of hydrogen-bond donors (Lipinski definition) is 1. The highest BCUT2D eigenvalue weighted by Gasteiger charge is 1.99. The molecule has 1 nitrogen and oxygen atoms in total. The zero-order valence-corrected chi connectivity index (χ0v) is 9.66. The maximum atomic E-state index is 5.67. The quantitative estimate of drug-likeness (QED) is 0.687. The van der Waals surface area contributed by atoms with E-state index in [1.165, 1.54) is 4.91 Å². The van der Waals surface area contributed by atoms with Crippen molar-refractivity contribution in [1.29, 1.82) is 0 Å². The van der Waals surface area contributed by atoms with Gasteiger partial charge in [-0.2, -0.15) is 0 Å². The summed E-state index contributed by atoms with van der Waals surface area (Å²) in [6, 6.07) is 0.131. The van der Waals surface area contributed by atoms with E-state index in [1.807, 2.05) is 40.0 Å². The zero-order chi connectivity index (χ0) is 10.1. The molecule has 0 saturated heterocycles. The topological polar surface area (TPSA) is 26.0 Å². The zero-order valence-electron chi connectivity index (χ0n) is 8.85. The lowest BCUT2D eigenvalue weighted by Crippen LogP contribution is -2.15. The molecule has 0 saturated carbocycles. The number of hydrogen-bond acceptors (Lipinski definition) is 2. The van der Waals surface area contributed by atoms with Crippen molar-refractivity contribution in [3.63, 3.8) is 0 Å². The van der Waals surface area contributed by atoms with Gasteiger partial charge >= 0.3 is 0 Å². The second-order valence-corrected chi connectivity index (χ2v) is 3.27. The highest BCUT2D eigenvalue weighted by molar-refractivity contribution is 8.02. The second-order valence-electron chi connectivity index (χ2n) is 2.39. The minimum Gasteiger partial charge on any atom is -0.324 e. The molecule has 0 aromatic carbocycles. The molecular weight excluding hydrogens is 166 g/mol. The molecule has 0 aliphatic carbocycles. The van der Waals surface area contributed by atoms with Crippen LogP contribution in [0.25, 0.3) is 0 Å². The van der Waals surface area contributed by atoms with Crippen LogP contribution in [0.2, 0.25) is 0 Å². The van der Waals surface area contributed by atoms with Gasteiger partial charge < -0.3 is 5.73 Å². The predicted octanol–water partition coefficient (Wildman–Crippen LogP) is 3.18. The molecule has 1 unspecified atom stereocenters. The molecule has 72 valence electrons. The molecule has 0 bridgehead atoms. The molecule has 0 aromatic heterocycles. The summed E-state index contributed by atoms with van der Waals surface area (Å²) < 4.78 is 0. The average Bonchev–Trinajstić information content (AvgIpc) is 2.03. The van der Waals surface area contributed by atoms with E-state index in [2.05, 4.69) is 6.58 Å². The summed E-state index contributed by atoms with van der Waals surface area (Å²) in [6.07, 6.45) is 4.05. The van der Waals surface area contributed by atoms with Gasteiger partial charge in [0.25, 0.3) is 0 Å². The molecular formula is C10H21NS. The fourth-order valence-corrected chi connectivity index (χ4v) is 1.31. The summed E-state index contributed by atoms with van der Waals surface area (Å²) in [5, 5.41) is 0. The minimum absolute atomic E-state index is 0.131. The lowest BCUT2D eigenvalue weighted by Gasteiger charge is -2.07. The van der Waals surface area contributed by atoms with E-state index in [-0.39, 0.29) is 6.04 Å². The van der Waals surface area contributed by atoms with E-state index in [1.54, 1.807) is 11.8 Å². The molecule has 0 rings (SSSR count). The monoisotopic (exact) mass is 187 g/mol. The van der Waals surface area contributed by atoms with E-state index in [0.717, 1.165) is 5.57 Å². The third-order valence-corrected chi connectivity index (χ3v) is 2.03. The summed E-state index contributed by atoms with van der Waals surface area (Å²) >= 11 is 1.68. The number of thioether (sulfide) groups is 1. The van der Waals surface area contributed by atoms with Crippen LogP contribution in [0.5, 0.6) is 0 Å². The normalized spacial score (nSPS) is 13.0. The van der Waals surface area contributed by atoms with Crippen LogP contribution >= 0.6 is 11.8 Å². The van der Waals surface area contributed by atoms with Crippen LogP contribution in [0.15, 0.2) is 23.1 Å². The van der Waals surface area contributed by atoms with Crippen LogP contribution in [0.1, 0.15) is 27.7 Å². The summed E-state index contributed by atoms with van der Waals surface area (Å²) in [6.45, 7) is 11.7. The first-order chi connectivity index (χ1) is 5.57. The van der Waals surface area contributed by atoms with Crippen molar-refractivity contribution in [3.8, 4) is 0 Å². The Bertz CT molecular complexity index is 148. The summed E-state index contributed by atoms with van der Waals surface area (Å²) in [4.78, 5) is 1.19. The molecule has 12 heavy (non-hydrogen) atoms. The van der Waals surface area contributed by atoms with Gasteiger partial charge in [-0.1, -0.05) is 26.0 Å². The molecule has 0 aliphatic heterocycles. The summed E-state index contributed by atoms with van der Waals surface area (Å²) in [7, 11) is 0. The Morgan fingerprint density at radius 2 is 1.92 bits per heavy atom. The van der Waals surface area contributed by atoms with Gasteiger partial charge in [0.05, 0.1) is 0 Å². The largest absolute Gasteiger partial charge is 0.324 e. The van der Waals surface area contributed by atoms with Gasteiger partial charge in [-0.25, -0.2) is 0 Å². The highest BCUT2D eigenvalue weighted by atomic mass is 32.2. The van der Waals surface area contributed by atoms with E-state index >= 15 is 0 Å². The Kier molecular flexibility index (Phi) is 10.6. The summed E-state index contributed by atoms with van der Waals surface area (Å²) in [5.41, 5.74) is 6.72. The van der Waals surface area contributed by atoms with Gasteiger partial charge in [-0.05, 0) is 26.2 Å². The molecule has 0 amide bonds. The van der Waals surface area contributed by atoms with Crippen molar-refractivity contribution in [2.75, 3.05) is 6.26 Å². The number of rotatable bonds is 3. The molecule has 0 radical (unpaired) electrons. The van der Waals surface area contributed by atoms with Crippen LogP contribution in [-0.2, 0) is 0 Å². The molecule has 0 fully saturated rings. The van der Waals surface area contributed by atoms with Gasteiger partial charge in [0, 0.05) is 10.9 Å². The van der Waals surface area contributed by atoms with Crippen LogP contribution < -0.4 is 5.73 Å². The van der Waals surface area contributed by atoms with Crippen molar-refractivity contribution < 1.29 is 0 Å². The molecule has 2 N–H and O–H groups in total. The third-order valence-electron chi connectivity index (χ3n) is 1.07. The SMILES string of the molecule is C=C(C)/C=C(\SC)C(C)N.CC. The standard InChI is InChI=1S/C8H15NS.C2H6/c1-6(2)5-8(10-4)7(3)9;1-2/h5,7H,1,9H2,2-4H3;1-2H3/b8-5-;. The minimum atomic E-state index is 0.131.